The van der Waals surface area contributed by atoms with Gasteiger partial charge in [-0.2, -0.15) is 0 Å². The average molecular weight is 289 g/mol. The minimum Gasteiger partial charge on any atom is -0.395 e. The molecule has 4 heteroatoms. The highest BCUT2D eigenvalue weighted by atomic mass is 32.1. The highest BCUT2D eigenvalue weighted by molar-refractivity contribution is 7.10. The molecular formula is C16H19NO2S. The van der Waals surface area contributed by atoms with Crippen LogP contribution in [-0.2, 0) is 11.3 Å². The molecule has 2 fully saturated rings. The lowest BCUT2D eigenvalue weighted by molar-refractivity contribution is -0.125. The first-order valence-electron chi connectivity index (χ1n) is 7.21. The minimum absolute atomic E-state index is 0.0905. The summed E-state index contributed by atoms with van der Waals surface area (Å²) in [5.41, 5.74) is 0.970. The number of aliphatic hydroxyl groups is 1. The summed E-state index contributed by atoms with van der Waals surface area (Å²) in [6.07, 6.45) is 4.01. The van der Waals surface area contributed by atoms with Crippen LogP contribution in [0.3, 0.4) is 0 Å². The van der Waals surface area contributed by atoms with Crippen molar-refractivity contribution in [2.45, 2.75) is 32.2 Å². The van der Waals surface area contributed by atoms with Crippen LogP contribution >= 0.6 is 11.3 Å². The summed E-state index contributed by atoms with van der Waals surface area (Å²) < 4.78 is 0. The second-order valence-corrected chi connectivity index (χ2v) is 6.68. The summed E-state index contributed by atoms with van der Waals surface area (Å²) in [6.45, 7) is 0.665. The van der Waals surface area contributed by atoms with Crippen LogP contribution in [-0.4, -0.2) is 17.6 Å². The molecule has 1 amide bonds. The smallest absolute Gasteiger partial charge is 0.223 e. The molecule has 2 atom stereocenters. The van der Waals surface area contributed by atoms with Crippen molar-refractivity contribution in [1.82, 2.24) is 5.32 Å². The van der Waals surface area contributed by atoms with Gasteiger partial charge in [-0.15, -0.1) is 11.3 Å². The number of carbonyl (C=O) groups is 1. The number of hydrogen-bond donors (Lipinski definition) is 2. The fraction of sp³-hybridized carbons (Fsp3) is 0.562. The Labute approximate surface area is 123 Å². The molecule has 2 saturated carbocycles. The number of aliphatic hydroxyl groups excluding tert-OH is 1. The molecule has 20 heavy (non-hydrogen) atoms. The predicted molar refractivity (Wildman–Crippen MR) is 79.1 cm³/mol. The van der Waals surface area contributed by atoms with Gasteiger partial charge in [0.25, 0.3) is 0 Å². The number of carbonyl (C=O) groups excluding carboxylic acids is 1. The quantitative estimate of drug-likeness (QED) is 0.834. The van der Waals surface area contributed by atoms with Crippen molar-refractivity contribution in [3.8, 4) is 11.8 Å². The summed E-state index contributed by atoms with van der Waals surface area (Å²) >= 11 is 1.62. The lowest BCUT2D eigenvalue weighted by atomic mass is 10.0. The van der Waals surface area contributed by atoms with Gasteiger partial charge in [0.05, 0.1) is 13.2 Å². The van der Waals surface area contributed by atoms with Gasteiger partial charge in [-0.05, 0) is 42.5 Å². The Balaban J connectivity index is 1.52. The van der Waals surface area contributed by atoms with E-state index in [1.165, 1.54) is 6.42 Å². The zero-order valence-corrected chi connectivity index (χ0v) is 12.2. The predicted octanol–water partition coefficient (Wildman–Crippen LogP) is 2.14. The van der Waals surface area contributed by atoms with E-state index in [2.05, 4.69) is 17.2 Å². The van der Waals surface area contributed by atoms with Crippen LogP contribution in [0.1, 0.15) is 36.1 Å². The molecule has 0 bridgehead atoms. The van der Waals surface area contributed by atoms with Crippen LogP contribution in [0.5, 0.6) is 0 Å². The molecule has 106 valence electrons. The first kappa shape index (κ1) is 13.7. The number of amides is 1. The Bertz CT molecular complexity index is 544. The number of nitrogens with one attached hydrogen (secondary N) is 1. The van der Waals surface area contributed by atoms with Crippen LogP contribution < -0.4 is 5.32 Å². The molecular weight excluding hydrogens is 270 g/mol. The Morgan fingerprint density at radius 1 is 1.40 bits per heavy atom. The van der Waals surface area contributed by atoms with Crippen LogP contribution in [0.4, 0.5) is 0 Å². The van der Waals surface area contributed by atoms with Crippen molar-refractivity contribution in [2.24, 2.45) is 17.8 Å². The third-order valence-corrected chi connectivity index (χ3v) is 5.16. The van der Waals surface area contributed by atoms with Crippen molar-refractivity contribution in [3.63, 3.8) is 0 Å². The summed E-state index contributed by atoms with van der Waals surface area (Å²) in [7, 11) is 0. The Kier molecular flexibility index (Phi) is 4.09. The van der Waals surface area contributed by atoms with Crippen molar-refractivity contribution in [1.29, 1.82) is 0 Å². The third kappa shape index (κ3) is 3.05. The number of thiophene rings is 1. The first-order valence-corrected chi connectivity index (χ1v) is 8.09. The fourth-order valence-corrected chi connectivity index (χ4v) is 3.81. The molecule has 1 heterocycles. The van der Waals surface area contributed by atoms with Crippen molar-refractivity contribution in [3.05, 3.63) is 21.9 Å². The maximum atomic E-state index is 12.1. The van der Waals surface area contributed by atoms with Gasteiger partial charge in [0.2, 0.25) is 5.91 Å². The standard InChI is InChI=1S/C16H19NO2S/c18-5-2-1-3-11-4-6-20-15(11)10-17-16(19)14-8-12-7-13(12)9-14/h4,6,12-14,18H,2,5,7-10H2,(H,17,19). The zero-order valence-electron chi connectivity index (χ0n) is 11.4. The molecule has 1 aromatic heterocycles. The van der Waals surface area contributed by atoms with Gasteiger partial charge < -0.3 is 10.4 Å². The number of rotatable bonds is 4. The lowest BCUT2D eigenvalue weighted by Crippen LogP contribution is -2.29. The van der Waals surface area contributed by atoms with Crippen LogP contribution in [0, 0.1) is 29.6 Å². The van der Waals surface area contributed by atoms with Gasteiger partial charge in [0, 0.05) is 22.8 Å². The lowest BCUT2D eigenvalue weighted by Gasteiger charge is -2.11. The van der Waals surface area contributed by atoms with Crippen molar-refractivity contribution in [2.75, 3.05) is 6.61 Å². The zero-order chi connectivity index (χ0) is 13.9. The number of fused-ring (bicyclic) bond motifs is 1. The van der Waals surface area contributed by atoms with Crippen LogP contribution in [0.25, 0.3) is 0 Å². The van der Waals surface area contributed by atoms with E-state index >= 15 is 0 Å². The van der Waals surface area contributed by atoms with E-state index in [0.717, 1.165) is 35.1 Å². The van der Waals surface area contributed by atoms with E-state index < -0.39 is 0 Å². The molecule has 2 N–H and O–H groups in total. The molecule has 0 aromatic carbocycles. The van der Waals surface area contributed by atoms with Gasteiger partial charge >= 0.3 is 0 Å². The molecule has 1 aromatic rings. The van der Waals surface area contributed by atoms with Crippen LogP contribution in [0.2, 0.25) is 0 Å². The van der Waals surface area contributed by atoms with E-state index in [9.17, 15) is 4.79 Å². The molecule has 0 radical (unpaired) electrons. The maximum Gasteiger partial charge on any atom is 0.223 e. The molecule has 2 aliphatic rings. The SMILES string of the molecule is O=C(NCc1sccc1C#CCCO)C1CC2CC2C1. The highest BCUT2D eigenvalue weighted by Crippen LogP contribution is 2.54. The minimum atomic E-state index is 0.0905. The summed E-state index contributed by atoms with van der Waals surface area (Å²) in [4.78, 5) is 13.2. The van der Waals surface area contributed by atoms with E-state index in [1.54, 1.807) is 11.3 Å². The van der Waals surface area contributed by atoms with E-state index in [-0.39, 0.29) is 18.4 Å². The second kappa shape index (κ2) is 5.99. The molecule has 2 aliphatic carbocycles. The highest BCUT2D eigenvalue weighted by Gasteiger charge is 2.47. The van der Waals surface area contributed by atoms with Crippen molar-refractivity contribution < 1.29 is 9.90 Å². The van der Waals surface area contributed by atoms with Gasteiger partial charge in [-0.3, -0.25) is 4.79 Å². The molecule has 0 spiro atoms. The van der Waals surface area contributed by atoms with Gasteiger partial charge in [-0.1, -0.05) is 11.8 Å². The fourth-order valence-electron chi connectivity index (χ4n) is 3.04. The van der Waals surface area contributed by atoms with Crippen LogP contribution in [0.15, 0.2) is 11.4 Å². The summed E-state index contributed by atoms with van der Waals surface area (Å²) in [5.74, 6) is 8.10. The third-order valence-electron chi connectivity index (χ3n) is 4.24. The Morgan fingerprint density at radius 3 is 2.95 bits per heavy atom. The summed E-state index contributed by atoms with van der Waals surface area (Å²) in [5, 5.41) is 13.8. The van der Waals surface area contributed by atoms with E-state index in [0.29, 0.717) is 13.0 Å². The molecule has 2 unspecified atom stereocenters. The van der Waals surface area contributed by atoms with E-state index in [1.807, 2.05) is 11.4 Å². The van der Waals surface area contributed by atoms with E-state index in [4.69, 9.17) is 5.11 Å². The van der Waals surface area contributed by atoms with Gasteiger partial charge in [-0.25, -0.2) is 0 Å². The topological polar surface area (TPSA) is 49.3 Å². The Morgan fingerprint density at radius 2 is 2.20 bits per heavy atom. The maximum absolute atomic E-state index is 12.1. The molecule has 0 aliphatic heterocycles. The molecule has 3 nitrogen and oxygen atoms in total. The van der Waals surface area contributed by atoms with Crippen molar-refractivity contribution >= 4 is 17.2 Å². The van der Waals surface area contributed by atoms with Gasteiger partial charge in [0.1, 0.15) is 0 Å². The average Bonchev–Trinajstić information content (AvgIpc) is 2.88. The second-order valence-electron chi connectivity index (χ2n) is 5.67. The normalized spacial score (nSPS) is 26.6. The monoisotopic (exact) mass is 289 g/mol. The number of hydrogen-bond acceptors (Lipinski definition) is 3. The summed E-state index contributed by atoms with van der Waals surface area (Å²) in [6, 6.07) is 1.97. The molecule has 0 saturated heterocycles. The Hall–Kier alpha value is -1.31. The molecule has 3 rings (SSSR count). The first-order chi connectivity index (χ1) is 9.78. The van der Waals surface area contributed by atoms with Gasteiger partial charge in [0.15, 0.2) is 0 Å². The largest absolute Gasteiger partial charge is 0.395 e.